The van der Waals surface area contributed by atoms with Crippen LogP contribution in [0.1, 0.15) is 32.6 Å². The molecule has 1 saturated heterocycles. The minimum atomic E-state index is -0.181. The Labute approximate surface area is 74.6 Å². The molecular formula is C10H19NO. The van der Waals surface area contributed by atoms with Crippen molar-refractivity contribution in [3.8, 4) is 0 Å². The molecular weight excluding hydrogens is 150 g/mol. The van der Waals surface area contributed by atoms with Gasteiger partial charge in [-0.3, -0.25) is 4.90 Å². The van der Waals surface area contributed by atoms with Crippen molar-refractivity contribution >= 4 is 0 Å². The molecule has 2 heteroatoms. The highest BCUT2D eigenvalue weighted by atomic mass is 16.3. The van der Waals surface area contributed by atoms with Crippen molar-refractivity contribution in [2.24, 2.45) is 11.8 Å². The van der Waals surface area contributed by atoms with Crippen LogP contribution in [0.5, 0.6) is 0 Å². The molecule has 2 fully saturated rings. The Bertz CT molecular complexity index is 155. The van der Waals surface area contributed by atoms with Gasteiger partial charge in [0, 0.05) is 6.04 Å². The fourth-order valence-corrected chi connectivity index (χ4v) is 2.38. The van der Waals surface area contributed by atoms with E-state index < -0.39 is 0 Å². The van der Waals surface area contributed by atoms with Crippen LogP contribution in [-0.4, -0.2) is 29.3 Å². The number of hydrogen-bond acceptors (Lipinski definition) is 2. The van der Waals surface area contributed by atoms with E-state index in [4.69, 9.17) is 0 Å². The van der Waals surface area contributed by atoms with Crippen LogP contribution in [0.15, 0.2) is 0 Å². The second-order valence-electron chi connectivity index (χ2n) is 4.56. The van der Waals surface area contributed by atoms with Crippen molar-refractivity contribution in [2.45, 2.75) is 44.9 Å². The van der Waals surface area contributed by atoms with Crippen LogP contribution in [0.3, 0.4) is 0 Å². The molecule has 1 aliphatic heterocycles. The van der Waals surface area contributed by atoms with Gasteiger partial charge in [-0.2, -0.15) is 0 Å². The van der Waals surface area contributed by atoms with E-state index in [0.29, 0.717) is 6.04 Å². The minimum absolute atomic E-state index is 0.181. The molecule has 1 N–H and O–H groups in total. The van der Waals surface area contributed by atoms with Crippen molar-refractivity contribution in [3.63, 3.8) is 0 Å². The first-order valence-corrected chi connectivity index (χ1v) is 5.08. The summed E-state index contributed by atoms with van der Waals surface area (Å²) in [5.74, 6) is 1.77. The largest absolute Gasteiger partial charge is 0.378 e. The van der Waals surface area contributed by atoms with Gasteiger partial charge in [-0.1, -0.05) is 0 Å². The highest BCUT2D eigenvalue weighted by Crippen LogP contribution is 2.43. The first-order chi connectivity index (χ1) is 5.68. The maximum atomic E-state index is 9.72. The molecule has 1 aliphatic carbocycles. The monoisotopic (exact) mass is 169 g/mol. The first-order valence-electron chi connectivity index (χ1n) is 5.08. The SMILES string of the molecule is C[C@@H]1C[C@@H](C2CC2)C[C@H](O)N1C. The molecule has 0 aromatic carbocycles. The summed E-state index contributed by atoms with van der Waals surface area (Å²) in [4.78, 5) is 2.10. The molecule has 0 unspecified atom stereocenters. The molecule has 0 aromatic heterocycles. The summed E-state index contributed by atoms with van der Waals surface area (Å²) >= 11 is 0. The smallest absolute Gasteiger partial charge is 0.107 e. The molecule has 70 valence electrons. The molecule has 3 atom stereocenters. The Morgan fingerprint density at radius 2 is 1.83 bits per heavy atom. The molecule has 1 saturated carbocycles. The number of rotatable bonds is 1. The van der Waals surface area contributed by atoms with E-state index in [1.54, 1.807) is 0 Å². The fraction of sp³-hybridized carbons (Fsp3) is 1.00. The standard InChI is InChI=1S/C10H19NO/c1-7-5-9(8-3-4-8)6-10(12)11(7)2/h7-10,12H,3-6H2,1-2H3/t7-,9-,10+/m1/s1. The van der Waals surface area contributed by atoms with E-state index in [9.17, 15) is 5.11 Å². The van der Waals surface area contributed by atoms with Crippen molar-refractivity contribution in [1.82, 2.24) is 4.90 Å². The first kappa shape index (κ1) is 8.52. The Kier molecular flexibility index (Phi) is 2.13. The predicted octanol–water partition coefficient (Wildman–Crippen LogP) is 1.45. The van der Waals surface area contributed by atoms with Gasteiger partial charge in [-0.15, -0.1) is 0 Å². The number of piperidine rings is 1. The summed E-state index contributed by atoms with van der Waals surface area (Å²) in [5.41, 5.74) is 0. The van der Waals surface area contributed by atoms with Crippen LogP contribution >= 0.6 is 0 Å². The lowest BCUT2D eigenvalue weighted by Crippen LogP contribution is -2.45. The normalized spacial score (nSPS) is 44.8. The molecule has 2 rings (SSSR count). The average molecular weight is 169 g/mol. The lowest BCUT2D eigenvalue weighted by atomic mass is 9.87. The Balaban J connectivity index is 1.94. The fourth-order valence-electron chi connectivity index (χ4n) is 2.38. The highest BCUT2D eigenvalue weighted by molar-refractivity contribution is 4.88. The second-order valence-corrected chi connectivity index (χ2v) is 4.56. The van der Waals surface area contributed by atoms with Crippen LogP contribution in [0.25, 0.3) is 0 Å². The number of likely N-dealkylation sites (tertiary alicyclic amines) is 1. The van der Waals surface area contributed by atoms with Crippen LogP contribution < -0.4 is 0 Å². The zero-order valence-electron chi connectivity index (χ0n) is 8.03. The Morgan fingerprint density at radius 1 is 1.17 bits per heavy atom. The maximum absolute atomic E-state index is 9.72. The number of hydrogen-bond donors (Lipinski definition) is 1. The van der Waals surface area contributed by atoms with E-state index >= 15 is 0 Å². The summed E-state index contributed by atoms with van der Waals surface area (Å²) in [7, 11) is 2.03. The molecule has 0 radical (unpaired) electrons. The summed E-state index contributed by atoms with van der Waals surface area (Å²) in [6.07, 6.45) is 4.94. The maximum Gasteiger partial charge on any atom is 0.107 e. The van der Waals surface area contributed by atoms with Gasteiger partial charge in [0.05, 0.1) is 0 Å². The molecule has 1 heterocycles. The van der Waals surface area contributed by atoms with Crippen molar-refractivity contribution in [2.75, 3.05) is 7.05 Å². The quantitative estimate of drug-likeness (QED) is 0.642. The molecule has 2 aliphatic rings. The zero-order chi connectivity index (χ0) is 8.72. The van der Waals surface area contributed by atoms with E-state index in [0.717, 1.165) is 18.3 Å². The second kappa shape index (κ2) is 3.00. The summed E-state index contributed by atoms with van der Waals surface area (Å²) in [6, 6.07) is 0.569. The molecule has 12 heavy (non-hydrogen) atoms. The van der Waals surface area contributed by atoms with Crippen molar-refractivity contribution in [1.29, 1.82) is 0 Å². The van der Waals surface area contributed by atoms with E-state index in [2.05, 4.69) is 11.8 Å². The molecule has 0 spiro atoms. The lowest BCUT2D eigenvalue weighted by Gasteiger charge is -2.39. The number of nitrogens with zero attached hydrogens (tertiary/aromatic N) is 1. The highest BCUT2D eigenvalue weighted by Gasteiger charge is 2.38. The number of aliphatic hydroxyl groups excluding tert-OH is 1. The summed E-state index contributed by atoms with van der Waals surface area (Å²) < 4.78 is 0. The summed E-state index contributed by atoms with van der Waals surface area (Å²) in [5, 5.41) is 9.72. The predicted molar refractivity (Wildman–Crippen MR) is 48.7 cm³/mol. The zero-order valence-corrected chi connectivity index (χ0v) is 8.03. The third-order valence-corrected chi connectivity index (χ3v) is 3.61. The lowest BCUT2D eigenvalue weighted by molar-refractivity contribution is -0.0572. The molecule has 2 nitrogen and oxygen atoms in total. The van der Waals surface area contributed by atoms with Crippen molar-refractivity contribution < 1.29 is 5.11 Å². The summed E-state index contributed by atoms with van der Waals surface area (Å²) in [6.45, 7) is 2.22. The van der Waals surface area contributed by atoms with Gasteiger partial charge in [0.1, 0.15) is 6.23 Å². The van der Waals surface area contributed by atoms with Gasteiger partial charge in [-0.25, -0.2) is 0 Å². The average Bonchev–Trinajstić information content (AvgIpc) is 2.81. The van der Waals surface area contributed by atoms with Gasteiger partial charge in [0.25, 0.3) is 0 Å². The van der Waals surface area contributed by atoms with Gasteiger partial charge >= 0.3 is 0 Å². The van der Waals surface area contributed by atoms with E-state index in [1.807, 2.05) is 7.05 Å². The molecule has 0 bridgehead atoms. The third-order valence-electron chi connectivity index (χ3n) is 3.61. The van der Waals surface area contributed by atoms with Crippen LogP contribution in [-0.2, 0) is 0 Å². The van der Waals surface area contributed by atoms with Crippen LogP contribution in [0, 0.1) is 11.8 Å². The van der Waals surface area contributed by atoms with Gasteiger partial charge < -0.3 is 5.11 Å². The van der Waals surface area contributed by atoms with Gasteiger partial charge in [-0.05, 0) is 51.5 Å². The van der Waals surface area contributed by atoms with E-state index in [1.165, 1.54) is 19.3 Å². The van der Waals surface area contributed by atoms with E-state index in [-0.39, 0.29) is 6.23 Å². The number of aliphatic hydroxyl groups is 1. The van der Waals surface area contributed by atoms with Crippen molar-refractivity contribution in [3.05, 3.63) is 0 Å². The third kappa shape index (κ3) is 1.50. The molecule has 0 aromatic rings. The Morgan fingerprint density at radius 3 is 2.33 bits per heavy atom. The van der Waals surface area contributed by atoms with Gasteiger partial charge in [0.2, 0.25) is 0 Å². The topological polar surface area (TPSA) is 23.5 Å². The van der Waals surface area contributed by atoms with Gasteiger partial charge in [0.15, 0.2) is 0 Å². The van der Waals surface area contributed by atoms with Crippen LogP contribution in [0.4, 0.5) is 0 Å². The Hall–Kier alpha value is -0.0800. The van der Waals surface area contributed by atoms with Crippen LogP contribution in [0.2, 0.25) is 0 Å². The molecule has 0 amide bonds. The minimum Gasteiger partial charge on any atom is -0.378 e.